The number of para-hydroxylation sites is 2. The minimum Gasteiger partial charge on any atom is -0.369 e. The van der Waals surface area contributed by atoms with Gasteiger partial charge in [-0.2, -0.15) is 0 Å². The summed E-state index contributed by atoms with van der Waals surface area (Å²) in [6, 6.07) is 6.97. The summed E-state index contributed by atoms with van der Waals surface area (Å²) in [7, 11) is 0. The fourth-order valence-corrected chi connectivity index (χ4v) is 3.07. The maximum Gasteiger partial charge on any atom is 0.240 e. The fraction of sp³-hybridized carbons (Fsp3) is 0.357. The molecule has 112 valence electrons. The second-order valence-corrected chi connectivity index (χ2v) is 6.04. The molecule has 0 aliphatic rings. The van der Waals surface area contributed by atoms with E-state index in [2.05, 4.69) is 4.98 Å². The van der Waals surface area contributed by atoms with Crippen LogP contribution in [0.4, 0.5) is 0 Å². The second kappa shape index (κ2) is 6.17. The molecule has 1 unspecified atom stereocenters. The predicted octanol–water partition coefficient (Wildman–Crippen LogP) is 1.30. The van der Waals surface area contributed by atoms with Gasteiger partial charge in [-0.25, -0.2) is 4.98 Å². The SMILES string of the molecule is CC(C)C(C(N)=O)n1c(SCC(N)=O)nc2ccccc21. The number of rotatable bonds is 6. The van der Waals surface area contributed by atoms with Gasteiger partial charge in [-0.05, 0) is 18.1 Å². The van der Waals surface area contributed by atoms with Gasteiger partial charge in [-0.15, -0.1) is 0 Å². The lowest BCUT2D eigenvalue weighted by Crippen LogP contribution is -2.31. The van der Waals surface area contributed by atoms with Gasteiger partial charge in [0.25, 0.3) is 0 Å². The molecule has 0 aliphatic heterocycles. The Morgan fingerprint density at radius 2 is 1.95 bits per heavy atom. The summed E-state index contributed by atoms with van der Waals surface area (Å²) in [4.78, 5) is 27.3. The van der Waals surface area contributed by atoms with Crippen LogP contribution in [0.2, 0.25) is 0 Å². The fourth-order valence-electron chi connectivity index (χ4n) is 2.28. The minimum absolute atomic E-state index is 0.00744. The highest BCUT2D eigenvalue weighted by Gasteiger charge is 2.26. The van der Waals surface area contributed by atoms with Crippen molar-refractivity contribution in [2.75, 3.05) is 5.75 Å². The van der Waals surface area contributed by atoms with Gasteiger partial charge in [-0.1, -0.05) is 37.7 Å². The molecule has 0 fully saturated rings. The lowest BCUT2D eigenvalue weighted by molar-refractivity contribution is -0.122. The number of nitrogens with two attached hydrogens (primary N) is 2. The van der Waals surface area contributed by atoms with Gasteiger partial charge in [0.2, 0.25) is 11.8 Å². The Labute approximate surface area is 126 Å². The molecular weight excluding hydrogens is 288 g/mol. The molecular formula is C14H18N4O2S. The zero-order valence-corrected chi connectivity index (χ0v) is 12.8. The highest BCUT2D eigenvalue weighted by Crippen LogP contribution is 2.30. The zero-order chi connectivity index (χ0) is 15.6. The number of imidazole rings is 1. The summed E-state index contributed by atoms with van der Waals surface area (Å²) in [5.74, 6) is -0.742. The average molecular weight is 306 g/mol. The van der Waals surface area contributed by atoms with E-state index in [9.17, 15) is 9.59 Å². The standard InChI is InChI=1S/C14H18N4O2S/c1-8(2)12(13(16)20)18-10-6-4-3-5-9(10)17-14(18)21-7-11(15)19/h3-6,8,12H,7H2,1-2H3,(H2,15,19)(H2,16,20). The zero-order valence-electron chi connectivity index (χ0n) is 11.9. The van der Waals surface area contributed by atoms with E-state index in [1.165, 1.54) is 11.8 Å². The van der Waals surface area contributed by atoms with E-state index in [4.69, 9.17) is 11.5 Å². The number of benzene rings is 1. The topological polar surface area (TPSA) is 104 Å². The maximum atomic E-state index is 11.8. The molecule has 0 saturated heterocycles. The van der Waals surface area contributed by atoms with Crippen LogP contribution in [0.3, 0.4) is 0 Å². The van der Waals surface area contributed by atoms with Gasteiger partial charge in [0.15, 0.2) is 5.16 Å². The molecule has 4 N–H and O–H groups in total. The molecule has 1 aromatic heterocycles. The molecule has 0 radical (unpaired) electrons. The summed E-state index contributed by atoms with van der Waals surface area (Å²) in [6.07, 6.45) is 0. The second-order valence-electron chi connectivity index (χ2n) is 5.10. The Balaban J connectivity index is 2.58. The molecule has 0 saturated carbocycles. The number of aromatic nitrogens is 2. The number of nitrogens with zero attached hydrogens (tertiary/aromatic N) is 2. The van der Waals surface area contributed by atoms with Crippen LogP contribution in [-0.2, 0) is 9.59 Å². The van der Waals surface area contributed by atoms with E-state index in [0.717, 1.165) is 11.0 Å². The van der Waals surface area contributed by atoms with Crippen molar-refractivity contribution in [3.05, 3.63) is 24.3 Å². The highest BCUT2D eigenvalue weighted by atomic mass is 32.2. The molecule has 2 amide bonds. The first-order chi connectivity index (χ1) is 9.91. The number of hydrogen-bond donors (Lipinski definition) is 2. The molecule has 2 aromatic rings. The van der Waals surface area contributed by atoms with Crippen LogP contribution in [0, 0.1) is 5.92 Å². The lowest BCUT2D eigenvalue weighted by atomic mass is 10.0. The van der Waals surface area contributed by atoms with E-state index >= 15 is 0 Å². The normalized spacial score (nSPS) is 12.7. The molecule has 21 heavy (non-hydrogen) atoms. The van der Waals surface area contributed by atoms with Gasteiger partial charge < -0.3 is 16.0 Å². The number of amides is 2. The predicted molar refractivity (Wildman–Crippen MR) is 82.7 cm³/mol. The molecule has 6 nitrogen and oxygen atoms in total. The number of hydrogen-bond acceptors (Lipinski definition) is 4. The molecule has 0 bridgehead atoms. The van der Waals surface area contributed by atoms with Gasteiger partial charge >= 0.3 is 0 Å². The third-order valence-corrected chi connectivity index (χ3v) is 4.08. The van der Waals surface area contributed by atoms with Crippen LogP contribution < -0.4 is 11.5 Å². The highest BCUT2D eigenvalue weighted by molar-refractivity contribution is 7.99. The third-order valence-electron chi connectivity index (χ3n) is 3.11. The first-order valence-electron chi connectivity index (χ1n) is 6.59. The Morgan fingerprint density at radius 1 is 1.29 bits per heavy atom. The summed E-state index contributed by atoms with van der Waals surface area (Å²) < 4.78 is 1.80. The molecule has 7 heteroatoms. The summed E-state index contributed by atoms with van der Waals surface area (Å²) >= 11 is 1.21. The monoisotopic (exact) mass is 306 g/mol. The summed E-state index contributed by atoms with van der Waals surface area (Å²) in [6.45, 7) is 3.85. The first kappa shape index (κ1) is 15.4. The van der Waals surface area contributed by atoms with E-state index in [1.807, 2.05) is 38.1 Å². The minimum atomic E-state index is -0.521. The van der Waals surface area contributed by atoms with E-state index in [-0.39, 0.29) is 11.7 Å². The Hall–Kier alpha value is -2.02. The van der Waals surface area contributed by atoms with Crippen molar-refractivity contribution in [1.82, 2.24) is 9.55 Å². The van der Waals surface area contributed by atoms with E-state index < -0.39 is 17.9 Å². The quantitative estimate of drug-likeness (QED) is 0.785. The molecule has 0 spiro atoms. The average Bonchev–Trinajstić information content (AvgIpc) is 2.75. The van der Waals surface area contributed by atoms with Crippen molar-refractivity contribution in [3.63, 3.8) is 0 Å². The van der Waals surface area contributed by atoms with Crippen LogP contribution >= 0.6 is 11.8 Å². The van der Waals surface area contributed by atoms with Crippen molar-refractivity contribution < 1.29 is 9.59 Å². The van der Waals surface area contributed by atoms with Crippen molar-refractivity contribution in [3.8, 4) is 0 Å². The number of thioether (sulfide) groups is 1. The summed E-state index contributed by atoms with van der Waals surface area (Å²) in [5, 5.41) is 0.576. The van der Waals surface area contributed by atoms with Gasteiger partial charge in [0.05, 0.1) is 16.8 Å². The smallest absolute Gasteiger partial charge is 0.240 e. The Morgan fingerprint density at radius 3 is 2.52 bits per heavy atom. The number of carbonyl (C=O) groups is 2. The molecule has 1 heterocycles. The van der Waals surface area contributed by atoms with E-state index in [0.29, 0.717) is 5.16 Å². The number of fused-ring (bicyclic) bond motifs is 1. The van der Waals surface area contributed by atoms with E-state index in [1.54, 1.807) is 4.57 Å². The van der Waals surface area contributed by atoms with Crippen LogP contribution in [0.1, 0.15) is 19.9 Å². The largest absolute Gasteiger partial charge is 0.369 e. The maximum absolute atomic E-state index is 11.8. The molecule has 2 rings (SSSR count). The van der Waals surface area contributed by atoms with Gasteiger partial charge in [-0.3, -0.25) is 9.59 Å². The van der Waals surface area contributed by atoms with Crippen molar-refractivity contribution in [1.29, 1.82) is 0 Å². The Kier molecular flexibility index (Phi) is 4.52. The van der Waals surface area contributed by atoms with Gasteiger partial charge in [0.1, 0.15) is 6.04 Å². The first-order valence-corrected chi connectivity index (χ1v) is 7.57. The summed E-state index contributed by atoms with van der Waals surface area (Å²) in [5.41, 5.74) is 12.3. The molecule has 1 atom stereocenters. The van der Waals surface area contributed by atoms with Crippen molar-refractivity contribution >= 4 is 34.6 Å². The van der Waals surface area contributed by atoms with Crippen LogP contribution in [0.25, 0.3) is 11.0 Å². The Bertz CT molecular complexity index is 681. The third kappa shape index (κ3) is 3.18. The lowest BCUT2D eigenvalue weighted by Gasteiger charge is -2.21. The van der Waals surface area contributed by atoms with Crippen molar-refractivity contribution in [2.24, 2.45) is 17.4 Å². The number of carbonyl (C=O) groups excluding carboxylic acids is 2. The van der Waals surface area contributed by atoms with Crippen LogP contribution in [-0.4, -0.2) is 27.1 Å². The number of primary amides is 2. The van der Waals surface area contributed by atoms with Crippen LogP contribution in [0.5, 0.6) is 0 Å². The van der Waals surface area contributed by atoms with Crippen molar-refractivity contribution in [2.45, 2.75) is 25.0 Å². The molecule has 1 aromatic carbocycles. The van der Waals surface area contributed by atoms with Gasteiger partial charge in [0, 0.05) is 0 Å². The molecule has 0 aliphatic carbocycles. The van der Waals surface area contributed by atoms with Crippen LogP contribution in [0.15, 0.2) is 29.4 Å².